The van der Waals surface area contributed by atoms with Crippen molar-refractivity contribution in [2.24, 2.45) is 0 Å². The molecule has 0 aromatic heterocycles. The molecular weight excluding hydrogens is 292 g/mol. The molecule has 0 N–H and O–H groups in total. The molecule has 0 unspecified atom stereocenters. The summed E-state index contributed by atoms with van der Waals surface area (Å²) in [5.41, 5.74) is 0.796. The lowest BCUT2D eigenvalue weighted by atomic mass is 9.99. The van der Waals surface area contributed by atoms with Crippen molar-refractivity contribution < 1.29 is 4.79 Å². The van der Waals surface area contributed by atoms with Gasteiger partial charge in [0, 0.05) is 35.2 Å². The smallest absolute Gasteiger partial charge is 0.253 e. The fraction of sp³-hybridized carbons (Fsp3) is 0.500. The molecule has 1 fully saturated rings. The molecule has 0 spiro atoms. The van der Waals surface area contributed by atoms with Crippen molar-refractivity contribution in [1.29, 1.82) is 0 Å². The highest BCUT2D eigenvalue weighted by Gasteiger charge is 2.33. The average Bonchev–Trinajstić information content (AvgIpc) is 2.31. The molecule has 1 saturated heterocycles. The second kappa shape index (κ2) is 5.02. The summed E-state index contributed by atoms with van der Waals surface area (Å²) in [5, 5.41) is 0. The zero-order valence-electron chi connectivity index (χ0n) is 11.1. The van der Waals surface area contributed by atoms with Crippen LogP contribution in [0.4, 0.5) is 0 Å². The minimum atomic E-state index is 0.0416. The summed E-state index contributed by atoms with van der Waals surface area (Å²) in [7, 11) is 2.11. The highest BCUT2D eigenvalue weighted by molar-refractivity contribution is 9.10. The zero-order valence-corrected chi connectivity index (χ0v) is 12.7. The highest BCUT2D eigenvalue weighted by atomic mass is 79.9. The van der Waals surface area contributed by atoms with E-state index in [0.29, 0.717) is 0 Å². The summed E-state index contributed by atoms with van der Waals surface area (Å²) in [6.07, 6.45) is 0. The second-order valence-electron chi connectivity index (χ2n) is 5.47. The first-order valence-electron chi connectivity index (χ1n) is 6.16. The van der Waals surface area contributed by atoms with Gasteiger partial charge >= 0.3 is 0 Å². The number of likely N-dealkylation sites (N-methyl/N-ethyl adjacent to an activating group) is 1. The van der Waals surface area contributed by atoms with E-state index < -0.39 is 0 Å². The van der Waals surface area contributed by atoms with Crippen molar-refractivity contribution in [3.8, 4) is 0 Å². The SMILES string of the molecule is CN1CCN(C(=O)c2cccc(Br)c2)CC1(C)C. The summed E-state index contributed by atoms with van der Waals surface area (Å²) in [4.78, 5) is 16.7. The van der Waals surface area contributed by atoms with E-state index in [0.717, 1.165) is 29.7 Å². The molecule has 1 aromatic carbocycles. The Morgan fingerprint density at radius 1 is 1.33 bits per heavy atom. The van der Waals surface area contributed by atoms with Crippen molar-refractivity contribution in [2.45, 2.75) is 19.4 Å². The summed E-state index contributed by atoms with van der Waals surface area (Å²) in [5.74, 6) is 0.123. The van der Waals surface area contributed by atoms with E-state index in [1.165, 1.54) is 0 Å². The van der Waals surface area contributed by atoms with Crippen LogP contribution in [0.2, 0.25) is 0 Å². The monoisotopic (exact) mass is 310 g/mol. The maximum Gasteiger partial charge on any atom is 0.253 e. The van der Waals surface area contributed by atoms with Gasteiger partial charge in [0.2, 0.25) is 0 Å². The molecule has 4 heteroatoms. The van der Waals surface area contributed by atoms with E-state index >= 15 is 0 Å². The second-order valence-corrected chi connectivity index (χ2v) is 6.39. The van der Waals surface area contributed by atoms with Gasteiger partial charge in [-0.2, -0.15) is 0 Å². The first-order valence-corrected chi connectivity index (χ1v) is 6.95. The number of rotatable bonds is 1. The van der Waals surface area contributed by atoms with Gasteiger partial charge in [0.15, 0.2) is 0 Å². The minimum absolute atomic E-state index is 0.0416. The summed E-state index contributed by atoms with van der Waals surface area (Å²) in [6.45, 7) is 6.84. The van der Waals surface area contributed by atoms with E-state index in [1.807, 2.05) is 29.2 Å². The van der Waals surface area contributed by atoms with E-state index in [2.05, 4.69) is 41.7 Å². The van der Waals surface area contributed by atoms with Gasteiger partial charge in [0.1, 0.15) is 0 Å². The predicted octanol–water partition coefficient (Wildman–Crippen LogP) is 2.62. The number of halogens is 1. The lowest BCUT2D eigenvalue weighted by Crippen LogP contribution is -2.58. The molecule has 1 amide bonds. The van der Waals surface area contributed by atoms with Gasteiger partial charge in [0.05, 0.1) is 0 Å². The molecule has 1 heterocycles. The Kier molecular flexibility index (Phi) is 3.78. The van der Waals surface area contributed by atoms with Crippen LogP contribution in [0.1, 0.15) is 24.2 Å². The van der Waals surface area contributed by atoms with Crippen molar-refractivity contribution >= 4 is 21.8 Å². The molecule has 0 radical (unpaired) electrons. The molecule has 0 atom stereocenters. The van der Waals surface area contributed by atoms with Gasteiger partial charge < -0.3 is 4.90 Å². The van der Waals surface area contributed by atoms with Gasteiger partial charge in [-0.3, -0.25) is 9.69 Å². The highest BCUT2D eigenvalue weighted by Crippen LogP contribution is 2.21. The molecular formula is C14H19BrN2O. The van der Waals surface area contributed by atoms with Crippen LogP contribution in [-0.4, -0.2) is 47.9 Å². The van der Waals surface area contributed by atoms with Crippen LogP contribution in [0.15, 0.2) is 28.7 Å². The number of hydrogen-bond donors (Lipinski definition) is 0. The van der Waals surface area contributed by atoms with Crippen LogP contribution in [-0.2, 0) is 0 Å². The molecule has 3 nitrogen and oxygen atoms in total. The van der Waals surface area contributed by atoms with Crippen molar-refractivity contribution in [1.82, 2.24) is 9.80 Å². The van der Waals surface area contributed by atoms with Crippen LogP contribution < -0.4 is 0 Å². The Hall–Kier alpha value is -0.870. The molecule has 0 aliphatic carbocycles. The molecule has 1 aromatic rings. The Balaban J connectivity index is 2.15. The fourth-order valence-corrected chi connectivity index (χ4v) is 2.62. The number of amides is 1. The third kappa shape index (κ3) is 2.75. The normalized spacial score (nSPS) is 19.9. The lowest BCUT2D eigenvalue weighted by Gasteiger charge is -2.45. The summed E-state index contributed by atoms with van der Waals surface area (Å²) in [6, 6.07) is 7.59. The number of nitrogens with zero attached hydrogens (tertiary/aromatic N) is 2. The van der Waals surface area contributed by atoms with Gasteiger partial charge in [-0.05, 0) is 39.1 Å². The Morgan fingerprint density at radius 2 is 2.06 bits per heavy atom. The van der Waals surface area contributed by atoms with Gasteiger partial charge in [-0.25, -0.2) is 0 Å². The third-order valence-corrected chi connectivity index (χ3v) is 4.17. The van der Waals surface area contributed by atoms with Crippen molar-refractivity contribution in [3.05, 3.63) is 34.3 Å². The third-order valence-electron chi connectivity index (χ3n) is 3.68. The molecule has 0 saturated carbocycles. The van der Waals surface area contributed by atoms with Crippen LogP contribution in [0.3, 0.4) is 0 Å². The van der Waals surface area contributed by atoms with E-state index in [-0.39, 0.29) is 11.4 Å². The molecule has 1 aliphatic heterocycles. The minimum Gasteiger partial charge on any atom is -0.336 e. The molecule has 0 bridgehead atoms. The summed E-state index contributed by atoms with van der Waals surface area (Å²) < 4.78 is 0.946. The lowest BCUT2D eigenvalue weighted by molar-refractivity contribution is 0.0311. The molecule has 2 rings (SSSR count). The zero-order chi connectivity index (χ0) is 13.3. The average molecular weight is 311 g/mol. The number of carbonyl (C=O) groups excluding carboxylic acids is 1. The predicted molar refractivity (Wildman–Crippen MR) is 76.8 cm³/mol. The van der Waals surface area contributed by atoms with E-state index in [9.17, 15) is 4.79 Å². The maximum absolute atomic E-state index is 12.4. The topological polar surface area (TPSA) is 23.6 Å². The van der Waals surface area contributed by atoms with Crippen molar-refractivity contribution in [3.63, 3.8) is 0 Å². The van der Waals surface area contributed by atoms with E-state index in [1.54, 1.807) is 0 Å². The number of benzene rings is 1. The Labute approximate surface area is 117 Å². The van der Waals surface area contributed by atoms with E-state index in [4.69, 9.17) is 0 Å². The van der Waals surface area contributed by atoms with Gasteiger partial charge in [-0.1, -0.05) is 22.0 Å². The quantitative estimate of drug-likeness (QED) is 0.796. The van der Waals surface area contributed by atoms with Crippen LogP contribution in [0.25, 0.3) is 0 Å². The molecule has 18 heavy (non-hydrogen) atoms. The first-order chi connectivity index (χ1) is 8.40. The number of carbonyl (C=O) groups is 1. The summed E-state index contributed by atoms with van der Waals surface area (Å²) >= 11 is 3.41. The van der Waals surface area contributed by atoms with Gasteiger partial charge in [0.25, 0.3) is 5.91 Å². The molecule has 98 valence electrons. The van der Waals surface area contributed by atoms with Crippen LogP contribution in [0, 0.1) is 0 Å². The van der Waals surface area contributed by atoms with Crippen LogP contribution in [0.5, 0.6) is 0 Å². The number of hydrogen-bond acceptors (Lipinski definition) is 2. The largest absolute Gasteiger partial charge is 0.336 e. The van der Waals surface area contributed by atoms with Crippen LogP contribution >= 0.6 is 15.9 Å². The standard InChI is InChI=1S/C14H19BrN2O/c1-14(2)10-17(8-7-16(14)3)13(18)11-5-4-6-12(15)9-11/h4-6,9H,7-8,10H2,1-3H3. The Morgan fingerprint density at radius 3 is 2.67 bits per heavy atom. The maximum atomic E-state index is 12.4. The number of piperazine rings is 1. The molecule has 1 aliphatic rings. The first kappa shape index (κ1) is 13.6. The van der Waals surface area contributed by atoms with Gasteiger partial charge in [-0.15, -0.1) is 0 Å². The Bertz CT molecular complexity index is 459. The fourth-order valence-electron chi connectivity index (χ4n) is 2.22. The van der Waals surface area contributed by atoms with Crippen molar-refractivity contribution in [2.75, 3.05) is 26.7 Å².